The van der Waals surface area contributed by atoms with E-state index in [0.717, 1.165) is 0 Å². The van der Waals surface area contributed by atoms with Crippen molar-refractivity contribution in [3.8, 4) is 17.2 Å². The van der Waals surface area contributed by atoms with Crippen LogP contribution >= 0.6 is 0 Å². The van der Waals surface area contributed by atoms with Crippen molar-refractivity contribution in [3.05, 3.63) is 17.7 Å². The van der Waals surface area contributed by atoms with Gasteiger partial charge in [-0.15, -0.1) is 0 Å². The van der Waals surface area contributed by atoms with Gasteiger partial charge < -0.3 is 20.3 Å². The maximum absolute atomic E-state index is 11.7. The molecule has 0 aliphatic carbocycles. The second kappa shape index (κ2) is 5.37. The van der Waals surface area contributed by atoms with Crippen molar-refractivity contribution in [2.75, 3.05) is 20.8 Å². The van der Waals surface area contributed by atoms with E-state index in [1.165, 1.54) is 26.4 Å². The van der Waals surface area contributed by atoms with Gasteiger partial charge in [-0.05, 0) is 18.7 Å². The van der Waals surface area contributed by atoms with Crippen LogP contribution in [0.15, 0.2) is 12.1 Å². The second-order valence-electron chi connectivity index (χ2n) is 3.16. The van der Waals surface area contributed by atoms with Gasteiger partial charge in [-0.3, -0.25) is 4.79 Å². The predicted octanol–water partition coefficient (Wildman–Crippen LogP) is 0.941. The van der Waals surface area contributed by atoms with Gasteiger partial charge in [0.1, 0.15) is 11.3 Å². The Labute approximate surface area is 93.8 Å². The number of aromatic hydroxyl groups is 1. The SMILES string of the molecule is COc1ccc(O)c(C(=O)CCN)c1OC. The first kappa shape index (κ1) is 12.3. The molecule has 0 aliphatic rings. The molecular formula is C11H15NO4. The summed E-state index contributed by atoms with van der Waals surface area (Å²) in [6, 6.07) is 2.93. The molecule has 1 aromatic carbocycles. The van der Waals surface area contributed by atoms with Gasteiger partial charge in [0, 0.05) is 6.42 Å². The molecular weight excluding hydrogens is 210 g/mol. The zero-order chi connectivity index (χ0) is 12.1. The molecule has 0 heterocycles. The first-order valence-electron chi connectivity index (χ1n) is 4.82. The monoisotopic (exact) mass is 225 g/mol. The molecule has 88 valence electrons. The summed E-state index contributed by atoms with van der Waals surface area (Å²) in [5, 5.41) is 9.64. The number of ketones is 1. The zero-order valence-corrected chi connectivity index (χ0v) is 9.32. The van der Waals surface area contributed by atoms with Gasteiger partial charge in [0.2, 0.25) is 0 Å². The molecule has 3 N–H and O–H groups in total. The fourth-order valence-electron chi connectivity index (χ4n) is 1.44. The summed E-state index contributed by atoms with van der Waals surface area (Å²) in [4.78, 5) is 11.7. The molecule has 0 aromatic heterocycles. The Kier molecular flexibility index (Phi) is 4.13. The van der Waals surface area contributed by atoms with Crippen LogP contribution in [-0.2, 0) is 0 Å². The minimum atomic E-state index is -0.268. The summed E-state index contributed by atoms with van der Waals surface area (Å²) in [6.45, 7) is 0.221. The lowest BCUT2D eigenvalue weighted by atomic mass is 10.1. The minimum Gasteiger partial charge on any atom is -0.507 e. The molecule has 1 aromatic rings. The van der Waals surface area contributed by atoms with E-state index < -0.39 is 0 Å². The van der Waals surface area contributed by atoms with Crippen LogP contribution in [0.4, 0.5) is 0 Å². The van der Waals surface area contributed by atoms with E-state index in [1.54, 1.807) is 0 Å². The van der Waals surface area contributed by atoms with Crippen molar-refractivity contribution < 1.29 is 19.4 Å². The molecule has 0 bridgehead atoms. The van der Waals surface area contributed by atoms with Crippen LogP contribution < -0.4 is 15.2 Å². The second-order valence-corrected chi connectivity index (χ2v) is 3.16. The van der Waals surface area contributed by atoms with E-state index in [0.29, 0.717) is 5.75 Å². The number of phenolic OH excluding ortho intramolecular Hbond substituents is 1. The molecule has 0 atom stereocenters. The lowest BCUT2D eigenvalue weighted by Crippen LogP contribution is -2.10. The Morgan fingerprint density at radius 3 is 2.56 bits per heavy atom. The van der Waals surface area contributed by atoms with Gasteiger partial charge in [0.15, 0.2) is 17.3 Å². The summed E-state index contributed by atoms with van der Waals surface area (Å²) in [5.74, 6) is 0.244. The number of carbonyl (C=O) groups is 1. The molecule has 0 aliphatic heterocycles. The van der Waals surface area contributed by atoms with Crippen molar-refractivity contribution >= 4 is 5.78 Å². The number of methoxy groups -OCH3 is 2. The van der Waals surface area contributed by atoms with Crippen molar-refractivity contribution in [1.82, 2.24) is 0 Å². The van der Waals surface area contributed by atoms with E-state index in [1.807, 2.05) is 0 Å². The quantitative estimate of drug-likeness (QED) is 0.729. The third-order valence-electron chi connectivity index (χ3n) is 2.17. The Morgan fingerprint density at radius 2 is 2.06 bits per heavy atom. The summed E-state index contributed by atoms with van der Waals surface area (Å²) in [6.07, 6.45) is 0.150. The van der Waals surface area contributed by atoms with Crippen LogP contribution in [-0.4, -0.2) is 31.7 Å². The topological polar surface area (TPSA) is 81.8 Å². The highest BCUT2D eigenvalue weighted by atomic mass is 16.5. The standard InChI is InChI=1S/C11H15NO4/c1-15-9-4-3-7(13)10(11(9)16-2)8(14)5-6-12/h3-4,13H,5-6,12H2,1-2H3. The number of carbonyl (C=O) groups excluding carboxylic acids is 1. The third kappa shape index (κ3) is 2.25. The fourth-order valence-corrected chi connectivity index (χ4v) is 1.44. The average Bonchev–Trinajstić information content (AvgIpc) is 2.28. The molecule has 1 rings (SSSR count). The Morgan fingerprint density at radius 1 is 1.38 bits per heavy atom. The molecule has 0 saturated carbocycles. The average molecular weight is 225 g/mol. The summed E-state index contributed by atoms with van der Waals surface area (Å²) in [5.41, 5.74) is 5.42. The highest BCUT2D eigenvalue weighted by Gasteiger charge is 2.20. The summed E-state index contributed by atoms with van der Waals surface area (Å²) in [7, 11) is 2.88. The maximum atomic E-state index is 11.7. The number of Topliss-reactive ketones (excluding diaryl/α,β-unsaturated/α-hetero) is 1. The van der Waals surface area contributed by atoms with E-state index in [2.05, 4.69) is 0 Å². The molecule has 0 saturated heterocycles. The van der Waals surface area contributed by atoms with Gasteiger partial charge in [-0.2, -0.15) is 0 Å². The van der Waals surface area contributed by atoms with E-state index in [9.17, 15) is 9.90 Å². The lowest BCUT2D eigenvalue weighted by molar-refractivity contribution is 0.0979. The number of hydrogen-bond acceptors (Lipinski definition) is 5. The first-order valence-corrected chi connectivity index (χ1v) is 4.82. The van der Waals surface area contributed by atoms with E-state index in [4.69, 9.17) is 15.2 Å². The number of benzene rings is 1. The molecule has 5 nitrogen and oxygen atoms in total. The molecule has 16 heavy (non-hydrogen) atoms. The van der Waals surface area contributed by atoms with Crippen LogP contribution in [0, 0.1) is 0 Å². The lowest BCUT2D eigenvalue weighted by Gasteiger charge is -2.12. The van der Waals surface area contributed by atoms with Crippen molar-refractivity contribution in [2.45, 2.75) is 6.42 Å². The van der Waals surface area contributed by atoms with Gasteiger partial charge in [-0.25, -0.2) is 0 Å². The number of ether oxygens (including phenoxy) is 2. The van der Waals surface area contributed by atoms with Crippen LogP contribution in [0.2, 0.25) is 0 Å². The Bertz CT molecular complexity index is 390. The van der Waals surface area contributed by atoms with Gasteiger partial charge in [0.25, 0.3) is 0 Å². The van der Waals surface area contributed by atoms with Gasteiger partial charge >= 0.3 is 0 Å². The van der Waals surface area contributed by atoms with E-state index >= 15 is 0 Å². The van der Waals surface area contributed by atoms with Crippen molar-refractivity contribution in [2.24, 2.45) is 5.73 Å². The number of rotatable bonds is 5. The molecule has 0 fully saturated rings. The Hall–Kier alpha value is -1.75. The first-order chi connectivity index (χ1) is 7.65. The highest BCUT2D eigenvalue weighted by Crippen LogP contribution is 2.37. The smallest absolute Gasteiger partial charge is 0.175 e. The summed E-state index contributed by atoms with van der Waals surface area (Å²) >= 11 is 0. The maximum Gasteiger partial charge on any atom is 0.175 e. The molecule has 0 amide bonds. The largest absolute Gasteiger partial charge is 0.507 e. The van der Waals surface area contributed by atoms with Crippen molar-refractivity contribution in [1.29, 1.82) is 0 Å². The predicted molar refractivity (Wildman–Crippen MR) is 59.2 cm³/mol. The number of nitrogens with two attached hydrogens (primary N) is 1. The van der Waals surface area contributed by atoms with Gasteiger partial charge in [-0.1, -0.05) is 0 Å². The van der Waals surface area contributed by atoms with Crippen LogP contribution in [0.3, 0.4) is 0 Å². The number of phenols is 1. The molecule has 5 heteroatoms. The molecule has 0 unspecified atom stereocenters. The van der Waals surface area contributed by atoms with Crippen LogP contribution in [0.25, 0.3) is 0 Å². The van der Waals surface area contributed by atoms with Crippen molar-refractivity contribution in [3.63, 3.8) is 0 Å². The van der Waals surface area contributed by atoms with Crippen LogP contribution in [0.5, 0.6) is 17.2 Å². The van der Waals surface area contributed by atoms with Crippen LogP contribution in [0.1, 0.15) is 16.8 Å². The van der Waals surface area contributed by atoms with E-state index in [-0.39, 0.29) is 35.8 Å². The molecule has 0 spiro atoms. The summed E-state index contributed by atoms with van der Waals surface area (Å²) < 4.78 is 10.1. The fraction of sp³-hybridized carbons (Fsp3) is 0.364. The molecule has 0 radical (unpaired) electrons. The third-order valence-corrected chi connectivity index (χ3v) is 2.17. The normalized spacial score (nSPS) is 9.94. The van der Waals surface area contributed by atoms with Gasteiger partial charge in [0.05, 0.1) is 14.2 Å². The number of hydrogen-bond donors (Lipinski definition) is 2. The highest BCUT2D eigenvalue weighted by molar-refractivity contribution is 6.02. The zero-order valence-electron chi connectivity index (χ0n) is 9.32. The minimum absolute atomic E-state index is 0.118. The Balaban J connectivity index is 3.28.